The van der Waals surface area contributed by atoms with Crippen molar-refractivity contribution in [3.8, 4) is 0 Å². The highest BCUT2D eigenvalue weighted by Gasteiger charge is 2.04. The summed E-state index contributed by atoms with van der Waals surface area (Å²) in [4.78, 5) is 6.17. The van der Waals surface area contributed by atoms with Gasteiger partial charge < -0.3 is 0 Å². The van der Waals surface area contributed by atoms with Crippen LogP contribution in [0.25, 0.3) is 55.2 Å². The average Bonchev–Trinajstić information content (AvgIpc) is 4.61. The smallest absolute Gasteiger partial charge is 0.156 e. The zero-order valence-electron chi connectivity index (χ0n) is 43.8. The highest BCUT2D eigenvalue weighted by Crippen LogP contribution is 2.08. The van der Waals surface area contributed by atoms with Gasteiger partial charge in [0.1, 0.15) is 0 Å². The van der Waals surface area contributed by atoms with E-state index < -0.39 is 0 Å². The first-order chi connectivity index (χ1) is 42.2. The summed E-state index contributed by atoms with van der Waals surface area (Å²) in [6.45, 7) is 0. The summed E-state index contributed by atoms with van der Waals surface area (Å²) < 4.78 is 0. The van der Waals surface area contributed by atoms with E-state index in [-0.39, 0.29) is 55.2 Å². The Morgan fingerprint density at radius 1 is 0.224 bits per heavy atom. The molecule has 20 heteroatoms. The van der Waals surface area contributed by atoms with Crippen molar-refractivity contribution in [3.05, 3.63) is 301 Å². The van der Waals surface area contributed by atoms with Crippen LogP contribution >= 0.6 is 0 Å². The van der Waals surface area contributed by atoms with Crippen LogP contribution in [0.4, 0.5) is 0 Å². The maximum Gasteiger partial charge on any atom is 0.174 e. The minimum atomic E-state index is 0.145. The number of aromatic nitrogens is 15. The van der Waals surface area contributed by atoms with Crippen LogP contribution in [0.3, 0.4) is 0 Å². The predicted molar refractivity (Wildman–Crippen MR) is 312 cm³/mol. The molecule has 20 nitrogen and oxygen atoms in total. The van der Waals surface area contributed by atoms with E-state index in [1.165, 1.54) is 24.0 Å². The third-order valence-corrected chi connectivity index (χ3v) is 11.0. The molecule has 0 aliphatic carbocycles. The Kier molecular flexibility index (Phi) is 16.7. The van der Waals surface area contributed by atoms with E-state index in [2.05, 4.69) is 198 Å². The van der Waals surface area contributed by atoms with Crippen LogP contribution < -0.4 is 0 Å². The number of hydrogen-bond donors (Lipinski definition) is 0. The van der Waals surface area contributed by atoms with E-state index in [0.29, 0.717) is 0 Å². The van der Waals surface area contributed by atoms with Gasteiger partial charge in [-0.2, -0.15) is 25.5 Å². The summed E-state index contributed by atoms with van der Waals surface area (Å²) in [6.07, 6.45) is 8.01. The summed E-state index contributed by atoms with van der Waals surface area (Å²) in [5.74, 6) is 0. The zero-order chi connectivity index (χ0) is 57.5. The Balaban J connectivity index is 1.11. The Labute approximate surface area is 486 Å². The monoisotopic (exact) mass is 1090 g/mol. The van der Waals surface area contributed by atoms with E-state index in [9.17, 15) is 0 Å². The van der Waals surface area contributed by atoms with Crippen molar-refractivity contribution in [2.45, 2.75) is 0 Å². The molecule has 11 aromatic rings. The van der Waals surface area contributed by atoms with Gasteiger partial charge in [-0.1, -0.05) is 152 Å². The van der Waals surface area contributed by atoms with E-state index in [1.807, 2.05) is 152 Å². The first-order valence-electron chi connectivity index (χ1n) is 25.0. The summed E-state index contributed by atoms with van der Waals surface area (Å²) in [6, 6.07) is 105. The molecule has 0 aliphatic rings. The second-order valence-electron chi connectivity index (χ2n) is 16.7. The lowest BCUT2D eigenvalue weighted by molar-refractivity contribution is 0.718. The zero-order valence-corrected chi connectivity index (χ0v) is 43.8. The Morgan fingerprint density at radius 3 is 0.565 bits per heavy atom. The highest BCUT2D eigenvalue weighted by atomic mass is 15.6. The molecule has 85 heavy (non-hydrogen) atoms. The van der Waals surface area contributed by atoms with Crippen molar-refractivity contribution in [2.24, 2.45) is 25.5 Å². The molecule has 0 unspecified atom stereocenters. The number of rotatable bonds is 10. The Morgan fingerprint density at radius 2 is 0.388 bits per heavy atom. The fraction of sp³-hybridized carbons (Fsp3) is 0. The molecular formula is C65H30N20. The molecule has 0 saturated heterocycles. The lowest BCUT2D eigenvalue weighted by atomic mass is 10.2. The Hall–Kier alpha value is -14.3. The van der Waals surface area contributed by atoms with Crippen LogP contribution in [0.1, 0.15) is 27.8 Å². The maximum absolute atomic E-state index is 4.51. The van der Waals surface area contributed by atoms with Gasteiger partial charge in [-0.3, -0.25) is 0 Å². The molecule has 6 aromatic carbocycles. The fourth-order valence-corrected chi connectivity index (χ4v) is 6.95. The molecule has 11 rings (SSSR count). The molecule has 5 aromatic heterocycles. The molecule has 0 radical (unpaired) electrons. The van der Waals surface area contributed by atoms with Crippen LogP contribution in [-0.4, -0.2) is 107 Å². The van der Waals surface area contributed by atoms with E-state index >= 15 is 0 Å². The summed E-state index contributed by atoms with van der Waals surface area (Å²) >= 11 is 0. The topological polar surface area (TPSA) is 215 Å². The van der Waals surface area contributed by atoms with Gasteiger partial charge in [0.25, 0.3) is 0 Å². The minimum Gasteiger partial charge on any atom is -0.156 e. The van der Waals surface area contributed by atoms with Crippen molar-refractivity contribution in [3.63, 3.8) is 0 Å². The third-order valence-electron chi connectivity index (χ3n) is 11.0. The number of nitrogens with zero attached hydrogens (tertiary/aromatic N) is 20. The van der Waals surface area contributed by atoms with Gasteiger partial charge in [0.05, 0.1) is 31.1 Å². The van der Waals surface area contributed by atoms with E-state index in [0.717, 1.165) is 27.8 Å². The van der Waals surface area contributed by atoms with E-state index in [4.69, 9.17) is 0 Å². The lowest BCUT2D eigenvalue weighted by Crippen LogP contribution is -1.92. The van der Waals surface area contributed by atoms with Crippen LogP contribution in [0.15, 0.2) is 177 Å². The van der Waals surface area contributed by atoms with Crippen molar-refractivity contribution < 1.29 is 0 Å². The van der Waals surface area contributed by atoms with Crippen LogP contribution in [0.5, 0.6) is 0 Å². The van der Waals surface area contributed by atoms with Crippen molar-refractivity contribution >= 4 is 86.2 Å². The van der Waals surface area contributed by atoms with Crippen molar-refractivity contribution in [2.75, 3.05) is 0 Å². The van der Waals surface area contributed by atoms with Crippen molar-refractivity contribution in [1.82, 2.24) is 75.5 Å². The minimum absolute atomic E-state index is 0.145. The molecule has 0 bridgehead atoms. The number of fused-ring (bicyclic) bond motifs is 5. The molecule has 390 valence electrons. The predicted octanol–water partition coefficient (Wildman–Crippen LogP) is 7.57. The third kappa shape index (κ3) is 14.1. The average molecular weight is 1090 g/mol. The second kappa shape index (κ2) is 26.9. The SMILES string of the molecule is c1c#cc2c(c#cc#cc3c(c#cc#cc4c(c#cc#cc5c(c#cc#cc6c(c#1)nnn6/N=C/c1ccccc1)nnn5/N=C/c1ccccc1)nnn4/N=C/c1ccccc1)nnn3/N=C/c1ccccc1)nnn2/N=C/c1ccccc1. The molecule has 5 heterocycles. The molecular weight excluding hydrogens is 1060 g/mol. The number of benzene rings is 5. The van der Waals surface area contributed by atoms with Gasteiger partial charge in [-0.25, -0.2) is 0 Å². The molecule has 0 saturated carbocycles. The first-order valence-corrected chi connectivity index (χ1v) is 25.0. The molecule has 0 fully saturated rings. The Bertz CT molecular complexity index is 3970. The van der Waals surface area contributed by atoms with Gasteiger partial charge in [0.15, 0.2) is 55.2 Å². The normalized spacial score (nSPS) is 10.4. The van der Waals surface area contributed by atoms with Gasteiger partial charge >= 0.3 is 0 Å². The highest BCUT2D eigenvalue weighted by molar-refractivity contribution is 5.83. The summed E-state index contributed by atoms with van der Waals surface area (Å²) in [7, 11) is 0. The molecule has 0 N–H and O–H groups in total. The van der Waals surface area contributed by atoms with Crippen LogP contribution in [0.2, 0.25) is 0 Å². The summed E-state index contributed by atoms with van der Waals surface area (Å²) in [5.41, 5.74) is 5.75. The molecule has 0 amide bonds. The molecule has 0 spiro atoms. The number of hydrogen-bond acceptors (Lipinski definition) is 15. The van der Waals surface area contributed by atoms with E-state index in [1.54, 1.807) is 31.1 Å². The maximum atomic E-state index is 4.51. The van der Waals surface area contributed by atoms with Gasteiger partial charge in [0, 0.05) is 0 Å². The van der Waals surface area contributed by atoms with Gasteiger partial charge in [-0.05, 0) is 175 Å². The standard InChI is InChI=1S/C65H30N20/c1-6-26-51(27-7-1)46-66-81-61-41-21-16-37-57-63(83(77-72-57)68-48-53-30-10-3-11-31-53)43-23-18-39-59-65(85(79-74-59)70-50-55-34-14-5-15-35-55)45-25-20-40-60-64(84(80-75-60)69-49-54-32-12-4-13-33-54)44-24-19-38-58-62(42-22-17-36-56(61)71-76-81)82(78-73-58)67-47-52-28-8-2-9-29-52/h1-15,26-35,46-50H/b66-46+,67-47+,68-48+,69-49+,70-50+. The second-order valence-corrected chi connectivity index (χ2v) is 16.7. The molecule has 0 atom stereocenters. The van der Waals surface area contributed by atoms with Crippen molar-refractivity contribution in [1.29, 1.82) is 0 Å². The fourth-order valence-electron chi connectivity index (χ4n) is 6.95. The lowest BCUT2D eigenvalue weighted by Gasteiger charge is -1.91. The first kappa shape index (κ1) is 52.8. The van der Waals surface area contributed by atoms with Crippen LogP contribution in [-0.2, 0) is 0 Å². The summed E-state index contributed by atoms with van der Waals surface area (Å²) in [5, 5.41) is 65.0. The van der Waals surface area contributed by atoms with Gasteiger partial charge in [-0.15, -0.1) is 49.4 Å². The van der Waals surface area contributed by atoms with Gasteiger partial charge in [0.2, 0.25) is 0 Å². The van der Waals surface area contributed by atoms with Crippen LogP contribution in [0, 0.1) is 121 Å². The quantitative estimate of drug-likeness (QED) is 0.122. The largest absolute Gasteiger partial charge is 0.174 e. The molecule has 0 aliphatic heterocycles.